The van der Waals surface area contributed by atoms with Gasteiger partial charge in [0.2, 0.25) is 0 Å². The molecular formula is C8H16N4O. The molecule has 0 aliphatic carbocycles. The lowest BCUT2D eigenvalue weighted by atomic mass is 10.3. The molecule has 0 saturated heterocycles. The van der Waals surface area contributed by atoms with Crippen LogP contribution in [-0.2, 0) is 0 Å². The van der Waals surface area contributed by atoms with E-state index in [0.717, 1.165) is 19.5 Å². The van der Waals surface area contributed by atoms with Crippen molar-refractivity contribution in [1.82, 2.24) is 20.1 Å². The summed E-state index contributed by atoms with van der Waals surface area (Å²) in [4.78, 5) is 3.87. The lowest BCUT2D eigenvalue weighted by molar-refractivity contribution is 0.284. The number of nitrogens with zero attached hydrogens (tertiary/aromatic N) is 3. The Morgan fingerprint density at radius 3 is 3.08 bits per heavy atom. The van der Waals surface area contributed by atoms with E-state index in [2.05, 4.69) is 22.3 Å². The monoisotopic (exact) mass is 184 g/mol. The molecule has 0 amide bonds. The molecule has 5 nitrogen and oxygen atoms in total. The normalized spacial score (nSPS) is 13.1. The van der Waals surface area contributed by atoms with E-state index in [4.69, 9.17) is 5.11 Å². The van der Waals surface area contributed by atoms with Crippen LogP contribution in [0.15, 0.2) is 12.7 Å². The zero-order valence-corrected chi connectivity index (χ0v) is 7.85. The van der Waals surface area contributed by atoms with Crippen LogP contribution in [0.5, 0.6) is 0 Å². The number of hydrogen-bond donors (Lipinski definition) is 2. The number of aliphatic hydroxyl groups excluding tert-OH is 1. The maximum Gasteiger partial charge on any atom is 0.137 e. The van der Waals surface area contributed by atoms with Gasteiger partial charge >= 0.3 is 0 Å². The second kappa shape index (κ2) is 5.66. The summed E-state index contributed by atoms with van der Waals surface area (Å²) >= 11 is 0. The van der Waals surface area contributed by atoms with Gasteiger partial charge in [0.05, 0.1) is 6.04 Å². The number of aromatic nitrogens is 3. The third-order valence-corrected chi connectivity index (χ3v) is 1.84. The van der Waals surface area contributed by atoms with Crippen molar-refractivity contribution in [3.63, 3.8) is 0 Å². The second-order valence-corrected chi connectivity index (χ2v) is 3.01. The van der Waals surface area contributed by atoms with Gasteiger partial charge in [-0.25, -0.2) is 9.67 Å². The molecule has 0 aliphatic rings. The Labute approximate surface area is 77.8 Å². The molecule has 13 heavy (non-hydrogen) atoms. The van der Waals surface area contributed by atoms with Gasteiger partial charge in [-0.05, 0) is 19.9 Å². The summed E-state index contributed by atoms with van der Waals surface area (Å²) in [5.41, 5.74) is 0. The minimum atomic E-state index is 0.241. The van der Waals surface area contributed by atoms with Crippen molar-refractivity contribution >= 4 is 0 Å². The van der Waals surface area contributed by atoms with Gasteiger partial charge in [-0.1, -0.05) is 0 Å². The molecule has 1 unspecified atom stereocenters. The summed E-state index contributed by atoms with van der Waals surface area (Å²) in [6.07, 6.45) is 4.03. The molecule has 1 aromatic heterocycles. The fourth-order valence-electron chi connectivity index (χ4n) is 1.05. The van der Waals surface area contributed by atoms with Gasteiger partial charge in [0, 0.05) is 13.2 Å². The van der Waals surface area contributed by atoms with E-state index in [1.54, 1.807) is 6.33 Å². The molecule has 0 saturated carbocycles. The molecule has 0 fully saturated rings. The molecular weight excluding hydrogens is 168 g/mol. The first-order valence-electron chi connectivity index (χ1n) is 4.50. The highest BCUT2D eigenvalue weighted by Gasteiger charge is 2.02. The van der Waals surface area contributed by atoms with E-state index in [1.165, 1.54) is 6.33 Å². The van der Waals surface area contributed by atoms with E-state index in [9.17, 15) is 0 Å². The summed E-state index contributed by atoms with van der Waals surface area (Å²) in [5, 5.41) is 15.8. The summed E-state index contributed by atoms with van der Waals surface area (Å²) in [7, 11) is 0. The van der Waals surface area contributed by atoms with Crippen LogP contribution in [0.25, 0.3) is 0 Å². The lowest BCUT2D eigenvalue weighted by Crippen LogP contribution is -2.25. The van der Waals surface area contributed by atoms with Crippen LogP contribution in [0.4, 0.5) is 0 Å². The van der Waals surface area contributed by atoms with Crippen LogP contribution in [-0.4, -0.2) is 39.6 Å². The largest absolute Gasteiger partial charge is 0.396 e. The molecule has 1 rings (SSSR count). The average molecular weight is 184 g/mol. The van der Waals surface area contributed by atoms with Crippen LogP contribution < -0.4 is 5.32 Å². The van der Waals surface area contributed by atoms with Crippen molar-refractivity contribution in [2.45, 2.75) is 19.4 Å². The second-order valence-electron chi connectivity index (χ2n) is 3.01. The molecule has 0 aliphatic heterocycles. The molecule has 1 aromatic rings. The topological polar surface area (TPSA) is 63.0 Å². The minimum Gasteiger partial charge on any atom is -0.396 e. The van der Waals surface area contributed by atoms with Crippen LogP contribution >= 0.6 is 0 Å². The minimum absolute atomic E-state index is 0.241. The first-order valence-corrected chi connectivity index (χ1v) is 4.50. The van der Waals surface area contributed by atoms with Gasteiger partial charge in [-0.15, -0.1) is 0 Å². The fraction of sp³-hybridized carbons (Fsp3) is 0.750. The zero-order valence-electron chi connectivity index (χ0n) is 7.85. The van der Waals surface area contributed by atoms with Crippen LogP contribution in [0.2, 0.25) is 0 Å². The summed E-state index contributed by atoms with van der Waals surface area (Å²) < 4.78 is 1.81. The van der Waals surface area contributed by atoms with E-state index in [1.807, 2.05) is 4.68 Å². The third-order valence-electron chi connectivity index (χ3n) is 1.84. The van der Waals surface area contributed by atoms with E-state index in [-0.39, 0.29) is 6.61 Å². The highest BCUT2D eigenvalue weighted by Crippen LogP contribution is 1.98. The van der Waals surface area contributed by atoms with Gasteiger partial charge < -0.3 is 10.4 Å². The van der Waals surface area contributed by atoms with E-state index >= 15 is 0 Å². The predicted molar refractivity (Wildman–Crippen MR) is 49.3 cm³/mol. The average Bonchev–Trinajstić information content (AvgIpc) is 2.65. The smallest absolute Gasteiger partial charge is 0.137 e. The molecule has 1 atom stereocenters. The number of hydrogen-bond acceptors (Lipinski definition) is 4. The van der Waals surface area contributed by atoms with Gasteiger partial charge in [0.25, 0.3) is 0 Å². The molecule has 74 valence electrons. The molecule has 2 N–H and O–H groups in total. The maximum atomic E-state index is 8.55. The lowest BCUT2D eigenvalue weighted by Gasteiger charge is -2.11. The van der Waals surface area contributed by atoms with Crippen LogP contribution in [0.1, 0.15) is 19.4 Å². The molecule has 0 bridgehead atoms. The SMILES string of the molecule is CC(CNCCCO)n1cncn1. The number of aliphatic hydroxyl groups is 1. The first kappa shape index (κ1) is 10.1. The van der Waals surface area contributed by atoms with Gasteiger partial charge in [0.1, 0.15) is 12.7 Å². The maximum absolute atomic E-state index is 8.55. The van der Waals surface area contributed by atoms with Crippen molar-refractivity contribution in [2.75, 3.05) is 19.7 Å². The van der Waals surface area contributed by atoms with E-state index in [0.29, 0.717) is 6.04 Å². The van der Waals surface area contributed by atoms with Crippen molar-refractivity contribution in [2.24, 2.45) is 0 Å². The fourth-order valence-corrected chi connectivity index (χ4v) is 1.05. The Balaban J connectivity index is 2.15. The Kier molecular flexibility index (Phi) is 4.42. The first-order chi connectivity index (χ1) is 6.34. The van der Waals surface area contributed by atoms with Crippen molar-refractivity contribution in [1.29, 1.82) is 0 Å². The van der Waals surface area contributed by atoms with Crippen LogP contribution in [0.3, 0.4) is 0 Å². The molecule has 0 aromatic carbocycles. The number of nitrogens with one attached hydrogen (secondary N) is 1. The predicted octanol–water partition coefficient (Wildman–Crippen LogP) is -0.189. The molecule has 1 heterocycles. The Morgan fingerprint density at radius 2 is 2.46 bits per heavy atom. The highest BCUT2D eigenvalue weighted by atomic mass is 16.3. The van der Waals surface area contributed by atoms with Gasteiger partial charge in [-0.3, -0.25) is 0 Å². The van der Waals surface area contributed by atoms with Crippen molar-refractivity contribution in [3.05, 3.63) is 12.7 Å². The van der Waals surface area contributed by atoms with Gasteiger partial charge in [0.15, 0.2) is 0 Å². The standard InChI is InChI=1S/C8H16N4O/c1-8(5-9-3-2-4-13)12-7-10-6-11-12/h6-9,13H,2-5H2,1H3. The Hall–Kier alpha value is -0.940. The zero-order chi connectivity index (χ0) is 9.52. The third kappa shape index (κ3) is 3.52. The van der Waals surface area contributed by atoms with Crippen LogP contribution in [0, 0.1) is 0 Å². The Bertz CT molecular complexity index is 212. The summed E-state index contributed by atoms with van der Waals surface area (Å²) in [5.74, 6) is 0. The molecule has 0 radical (unpaired) electrons. The van der Waals surface area contributed by atoms with Crippen molar-refractivity contribution in [3.8, 4) is 0 Å². The van der Waals surface area contributed by atoms with E-state index < -0.39 is 0 Å². The quantitative estimate of drug-likeness (QED) is 0.602. The summed E-state index contributed by atoms with van der Waals surface area (Å²) in [6, 6.07) is 0.307. The summed E-state index contributed by atoms with van der Waals surface area (Å²) in [6.45, 7) is 4.00. The Morgan fingerprint density at radius 1 is 1.62 bits per heavy atom. The number of rotatable bonds is 6. The molecule has 5 heteroatoms. The molecule has 0 spiro atoms. The highest BCUT2D eigenvalue weighted by molar-refractivity contribution is 4.66. The van der Waals surface area contributed by atoms with Gasteiger partial charge in [-0.2, -0.15) is 5.10 Å². The van der Waals surface area contributed by atoms with Crippen molar-refractivity contribution < 1.29 is 5.11 Å².